The standard InChI is InChI=1S/C25H31F2N3O4S2/c1-4-16(2)25(35-24(17(3)28)23(32)22-20(26)6-5-7-21(22)27)30-18-8-10-19(11-9-18)36(33)29-12-14-34-15-13-31/h5-11,29-31H,4,12-15,28H2,1-3H3/b24-17+,25-16+. The maximum Gasteiger partial charge on any atom is 0.207 e. The van der Waals surface area contributed by atoms with Gasteiger partial charge in [-0.1, -0.05) is 24.8 Å². The van der Waals surface area contributed by atoms with Crippen LogP contribution in [0.5, 0.6) is 0 Å². The number of halogens is 2. The molecule has 0 saturated carbocycles. The number of nitrogens with two attached hydrogens (primary N) is 1. The van der Waals surface area contributed by atoms with Crippen LogP contribution in [-0.2, 0) is 15.7 Å². The minimum Gasteiger partial charge on any atom is -0.401 e. The minimum atomic E-state index is -1.44. The smallest absolute Gasteiger partial charge is 0.207 e. The Labute approximate surface area is 216 Å². The predicted octanol–water partition coefficient (Wildman–Crippen LogP) is 4.45. The van der Waals surface area contributed by atoms with E-state index in [0.29, 0.717) is 35.2 Å². The van der Waals surface area contributed by atoms with Crippen molar-refractivity contribution >= 4 is 34.2 Å². The molecular weight excluding hydrogens is 508 g/mol. The van der Waals surface area contributed by atoms with E-state index in [-0.39, 0.29) is 23.8 Å². The largest absolute Gasteiger partial charge is 0.401 e. The average Bonchev–Trinajstić information content (AvgIpc) is 2.85. The van der Waals surface area contributed by atoms with E-state index in [0.717, 1.165) is 29.5 Å². The van der Waals surface area contributed by atoms with Crippen LogP contribution < -0.4 is 15.8 Å². The molecule has 2 aromatic carbocycles. The van der Waals surface area contributed by atoms with Crippen molar-refractivity contribution in [2.24, 2.45) is 5.73 Å². The lowest BCUT2D eigenvalue weighted by Gasteiger charge is -2.17. The molecule has 5 N–H and O–H groups in total. The van der Waals surface area contributed by atoms with Gasteiger partial charge in [0.25, 0.3) is 0 Å². The van der Waals surface area contributed by atoms with E-state index in [1.807, 2.05) is 13.8 Å². The first-order valence-corrected chi connectivity index (χ1v) is 13.2. The van der Waals surface area contributed by atoms with Crippen molar-refractivity contribution in [2.45, 2.75) is 32.1 Å². The highest BCUT2D eigenvalue weighted by Crippen LogP contribution is 2.34. The maximum absolute atomic E-state index is 14.3. The summed E-state index contributed by atoms with van der Waals surface area (Å²) in [5.74, 6) is -2.75. The second kappa shape index (κ2) is 14.9. The summed E-state index contributed by atoms with van der Waals surface area (Å²) in [7, 11) is -1.44. The molecule has 0 aliphatic carbocycles. The van der Waals surface area contributed by atoms with Gasteiger partial charge >= 0.3 is 0 Å². The van der Waals surface area contributed by atoms with Gasteiger partial charge in [-0.15, -0.1) is 0 Å². The molecule has 0 aliphatic rings. The monoisotopic (exact) mass is 539 g/mol. The third-order valence-electron chi connectivity index (χ3n) is 4.92. The molecule has 0 fully saturated rings. The van der Waals surface area contributed by atoms with Crippen molar-refractivity contribution in [1.82, 2.24) is 4.72 Å². The Kier molecular flexibility index (Phi) is 12.2. The van der Waals surface area contributed by atoms with Gasteiger partial charge in [-0.3, -0.25) is 4.79 Å². The zero-order valence-electron chi connectivity index (χ0n) is 20.4. The van der Waals surface area contributed by atoms with Crippen LogP contribution in [0.2, 0.25) is 0 Å². The molecule has 0 amide bonds. The van der Waals surface area contributed by atoms with E-state index in [2.05, 4.69) is 10.0 Å². The molecule has 1 unspecified atom stereocenters. The molecule has 0 aromatic heterocycles. The van der Waals surface area contributed by atoms with Crippen molar-refractivity contribution < 1.29 is 27.6 Å². The zero-order valence-corrected chi connectivity index (χ0v) is 22.0. The molecule has 0 heterocycles. The summed E-state index contributed by atoms with van der Waals surface area (Å²) in [5.41, 5.74) is 7.00. The van der Waals surface area contributed by atoms with Crippen molar-refractivity contribution in [3.63, 3.8) is 0 Å². The highest BCUT2D eigenvalue weighted by atomic mass is 32.2. The summed E-state index contributed by atoms with van der Waals surface area (Å²) in [6.07, 6.45) is 0.652. The highest BCUT2D eigenvalue weighted by Gasteiger charge is 2.24. The lowest BCUT2D eigenvalue weighted by atomic mass is 10.1. The number of aliphatic hydroxyl groups excluding tert-OH is 1. The fraction of sp³-hybridized carbons (Fsp3) is 0.320. The zero-order chi connectivity index (χ0) is 26.7. The van der Waals surface area contributed by atoms with Gasteiger partial charge in [-0.05, 0) is 62.2 Å². The van der Waals surface area contributed by atoms with Crippen molar-refractivity contribution in [1.29, 1.82) is 0 Å². The Hall–Kier alpha value is -2.57. The first kappa shape index (κ1) is 29.7. The third kappa shape index (κ3) is 8.52. The Morgan fingerprint density at radius 1 is 1.11 bits per heavy atom. The van der Waals surface area contributed by atoms with Crippen LogP contribution in [0.15, 0.2) is 68.6 Å². The molecule has 1 atom stereocenters. The molecule has 0 saturated heterocycles. The third-order valence-corrected chi connectivity index (χ3v) is 7.45. The number of benzene rings is 2. The number of allylic oxidation sites excluding steroid dienone is 3. The predicted molar refractivity (Wildman–Crippen MR) is 141 cm³/mol. The first-order valence-electron chi connectivity index (χ1n) is 11.2. The fourth-order valence-corrected chi connectivity index (χ4v) is 4.73. The molecule has 36 heavy (non-hydrogen) atoms. The number of Topliss-reactive ketones (excluding diaryl/α,β-unsaturated/α-hetero) is 1. The molecule has 2 rings (SSSR count). The van der Waals surface area contributed by atoms with Crippen molar-refractivity contribution in [2.75, 3.05) is 31.7 Å². The summed E-state index contributed by atoms with van der Waals surface area (Å²) >= 11 is 1.01. The molecule has 7 nitrogen and oxygen atoms in total. The van der Waals surface area contributed by atoms with Crippen LogP contribution in [0.25, 0.3) is 0 Å². The molecule has 11 heteroatoms. The van der Waals surface area contributed by atoms with E-state index in [4.69, 9.17) is 15.6 Å². The molecule has 0 radical (unpaired) electrons. The second-order valence-corrected chi connectivity index (χ2v) is 9.97. The Morgan fingerprint density at radius 3 is 2.31 bits per heavy atom. The molecule has 196 valence electrons. The van der Waals surface area contributed by atoms with E-state index in [9.17, 15) is 17.8 Å². The first-order chi connectivity index (χ1) is 17.2. The van der Waals surface area contributed by atoms with E-state index >= 15 is 0 Å². The van der Waals surface area contributed by atoms with Crippen LogP contribution in [-0.4, -0.2) is 41.5 Å². The van der Waals surface area contributed by atoms with Gasteiger partial charge in [0.1, 0.15) is 22.6 Å². The fourth-order valence-electron chi connectivity index (χ4n) is 2.87. The van der Waals surface area contributed by atoms with Crippen LogP contribution >= 0.6 is 11.8 Å². The summed E-state index contributed by atoms with van der Waals surface area (Å²) in [5, 5.41) is 12.5. The number of rotatable bonds is 14. The normalized spacial score (nSPS) is 13.6. The summed E-state index contributed by atoms with van der Waals surface area (Å²) < 4.78 is 48.9. The number of nitrogens with one attached hydrogen (secondary N) is 2. The Morgan fingerprint density at radius 2 is 1.75 bits per heavy atom. The molecule has 0 bridgehead atoms. The lowest BCUT2D eigenvalue weighted by Crippen LogP contribution is -2.22. The molecular formula is C25H31F2N3O4S2. The number of carbonyl (C=O) groups is 1. The molecule has 0 spiro atoms. The van der Waals surface area contributed by atoms with E-state index in [1.165, 1.54) is 13.0 Å². The highest BCUT2D eigenvalue weighted by molar-refractivity contribution is 8.07. The van der Waals surface area contributed by atoms with Gasteiger partial charge in [0.05, 0.1) is 40.2 Å². The minimum absolute atomic E-state index is 0.0136. The number of thioether (sulfide) groups is 1. The van der Waals surface area contributed by atoms with Gasteiger partial charge in [0.2, 0.25) is 5.78 Å². The van der Waals surface area contributed by atoms with E-state index < -0.39 is 34.0 Å². The van der Waals surface area contributed by atoms with Gasteiger partial charge in [0.15, 0.2) is 0 Å². The van der Waals surface area contributed by atoms with Crippen molar-refractivity contribution in [3.8, 4) is 0 Å². The Bertz CT molecular complexity index is 1110. The van der Waals surface area contributed by atoms with Gasteiger partial charge in [0, 0.05) is 17.9 Å². The Balaban J connectivity index is 2.18. The SMILES string of the molecule is CC/C(C)=C(\Nc1ccc(S(=O)NCCOCCO)cc1)S/C(C(=O)c1c(F)cccc1F)=C(\C)N. The maximum atomic E-state index is 14.3. The van der Waals surface area contributed by atoms with Crippen LogP contribution in [0.4, 0.5) is 14.5 Å². The molecule has 2 aromatic rings. The summed E-state index contributed by atoms with van der Waals surface area (Å²) in [6, 6.07) is 10.1. The molecule has 0 aliphatic heterocycles. The van der Waals surface area contributed by atoms with Crippen LogP contribution in [0.3, 0.4) is 0 Å². The number of hydrogen-bond donors (Lipinski definition) is 4. The van der Waals surface area contributed by atoms with Crippen molar-refractivity contribution in [3.05, 3.63) is 80.9 Å². The van der Waals surface area contributed by atoms with Crippen LogP contribution in [0.1, 0.15) is 37.6 Å². The summed E-state index contributed by atoms with van der Waals surface area (Å²) in [6.45, 7) is 6.15. The number of hydrogen-bond acceptors (Lipinski definition) is 7. The topological polar surface area (TPSA) is 114 Å². The van der Waals surface area contributed by atoms with Gasteiger partial charge in [-0.2, -0.15) is 0 Å². The quantitative estimate of drug-likeness (QED) is 0.159. The number of anilines is 1. The summed E-state index contributed by atoms with van der Waals surface area (Å²) in [4.78, 5) is 13.6. The second-order valence-electron chi connectivity index (χ2n) is 7.65. The van der Waals surface area contributed by atoms with Gasteiger partial charge in [-0.25, -0.2) is 17.7 Å². The van der Waals surface area contributed by atoms with Gasteiger partial charge < -0.3 is 20.9 Å². The lowest BCUT2D eigenvalue weighted by molar-refractivity contribution is 0.0963. The number of carbonyl (C=O) groups excluding carboxylic acids is 1. The number of ketones is 1. The number of aliphatic hydroxyl groups is 1. The average molecular weight is 540 g/mol. The van der Waals surface area contributed by atoms with Crippen LogP contribution in [0, 0.1) is 11.6 Å². The van der Waals surface area contributed by atoms with E-state index in [1.54, 1.807) is 24.3 Å². The number of ether oxygens (including phenoxy) is 1.